The lowest BCUT2D eigenvalue weighted by atomic mass is 9.44. The molecular formula is C48H65NO10SSi. The Morgan fingerprint density at radius 3 is 2.05 bits per heavy atom. The van der Waals surface area contributed by atoms with E-state index < -0.39 is 38.9 Å². The quantitative estimate of drug-likeness (QED) is 0.0500. The Kier molecular flexibility index (Phi) is 16.3. The topological polar surface area (TPSA) is 130 Å². The minimum Gasteiger partial charge on any atom is -0.496 e. The highest BCUT2D eigenvalue weighted by Crippen LogP contribution is 2.62. The van der Waals surface area contributed by atoms with E-state index in [1.54, 1.807) is 24.1 Å². The molecule has 13 heteroatoms. The first-order chi connectivity index (χ1) is 29.1. The van der Waals surface area contributed by atoms with Crippen molar-refractivity contribution in [2.75, 3.05) is 40.1 Å². The third-order valence-corrected chi connectivity index (χ3v) is 14.4. The van der Waals surface area contributed by atoms with Gasteiger partial charge in [-0.3, -0.25) is 9.08 Å². The van der Waals surface area contributed by atoms with Crippen molar-refractivity contribution in [3.05, 3.63) is 125 Å². The molecule has 1 heterocycles. The molecule has 0 aliphatic carbocycles. The van der Waals surface area contributed by atoms with Crippen LogP contribution in [0.15, 0.2) is 108 Å². The Morgan fingerprint density at radius 2 is 1.46 bits per heavy atom. The second kappa shape index (κ2) is 20.8. The van der Waals surface area contributed by atoms with Gasteiger partial charge in [-0.25, -0.2) is 4.79 Å². The average molecular weight is 876 g/mol. The van der Waals surface area contributed by atoms with Crippen LogP contribution in [0.5, 0.6) is 11.5 Å². The summed E-state index contributed by atoms with van der Waals surface area (Å²) in [6.45, 7) is 15.3. The van der Waals surface area contributed by atoms with Gasteiger partial charge in [0.1, 0.15) is 27.6 Å². The van der Waals surface area contributed by atoms with Gasteiger partial charge in [-0.05, 0) is 72.6 Å². The van der Waals surface area contributed by atoms with Crippen molar-refractivity contribution in [2.45, 2.75) is 95.5 Å². The summed E-state index contributed by atoms with van der Waals surface area (Å²) in [4.78, 5) is 15.3. The number of piperidine rings is 1. The van der Waals surface area contributed by atoms with E-state index in [0.29, 0.717) is 48.9 Å². The third kappa shape index (κ3) is 9.57. The standard InChI is InChI=1S/C48H65NO10SSi/c1-34(2)47(35(3)4)48(36(5)6,57-29-30-58-60(52,53)42-25-19-37(7)20-26-42)46(31-38-15-10-9-11-16-38,44(59-61)32-49(47)45(50)51)40-21-23-41(24-22-40)56-28-14-27-55-33-39-17-12-13-18-43(39)54-8/h9-13,15-26,34-36,44H,14,27-33H2,1-8,61H3,(H,50,51)/t44-,46-,48-/m1/s1. The van der Waals surface area contributed by atoms with Gasteiger partial charge in [0.2, 0.25) is 0 Å². The monoisotopic (exact) mass is 875 g/mol. The van der Waals surface area contributed by atoms with Crippen LogP contribution >= 0.6 is 0 Å². The molecule has 1 saturated heterocycles. The van der Waals surface area contributed by atoms with Crippen LogP contribution in [0, 0.1) is 24.7 Å². The van der Waals surface area contributed by atoms with Crippen LogP contribution in [0.4, 0.5) is 4.79 Å². The van der Waals surface area contributed by atoms with Gasteiger partial charge >= 0.3 is 6.09 Å². The highest BCUT2D eigenvalue weighted by atomic mass is 32.2. The molecule has 4 aromatic carbocycles. The fraction of sp³-hybridized carbons (Fsp3) is 0.479. The SMILES string of the molecule is COc1ccccc1COCCCOc1ccc([C@]2(Cc3ccccc3)[C@H](O[SiH3])CN(C(=O)O)C(C(C)C)(C(C)C)[C@@]2(OCCOS(=O)(=O)c2ccc(C)cc2)C(C)C)cc1. The maximum Gasteiger partial charge on any atom is 0.407 e. The Labute approximate surface area is 366 Å². The van der Waals surface area contributed by atoms with Gasteiger partial charge in [0, 0.05) is 12.0 Å². The summed E-state index contributed by atoms with van der Waals surface area (Å²) in [5.74, 6) is 0.616. The number of hydrogen-bond acceptors (Lipinski definition) is 9. The highest BCUT2D eigenvalue weighted by Gasteiger charge is 2.75. The number of benzene rings is 4. The molecule has 11 nitrogen and oxygen atoms in total. The number of likely N-dealkylation sites (tertiary alicyclic amines) is 1. The zero-order valence-corrected chi connectivity index (χ0v) is 40.1. The predicted octanol–water partition coefficient (Wildman–Crippen LogP) is 8.00. The van der Waals surface area contributed by atoms with Crippen LogP contribution in [0.1, 0.15) is 70.2 Å². The van der Waals surface area contributed by atoms with Gasteiger partial charge in [0.05, 0.1) is 68.6 Å². The summed E-state index contributed by atoms with van der Waals surface area (Å²) < 4.78 is 64.2. The van der Waals surface area contributed by atoms with Crippen molar-refractivity contribution < 1.29 is 45.9 Å². The minimum atomic E-state index is -4.11. The van der Waals surface area contributed by atoms with Crippen LogP contribution in [-0.4, -0.2) is 92.3 Å². The summed E-state index contributed by atoms with van der Waals surface area (Å²) in [5.41, 5.74) is 0.369. The lowest BCUT2D eigenvalue weighted by Gasteiger charge is -2.72. The van der Waals surface area contributed by atoms with Gasteiger partial charge < -0.3 is 28.5 Å². The molecule has 332 valence electrons. The summed E-state index contributed by atoms with van der Waals surface area (Å²) in [5, 5.41) is 11.2. The third-order valence-electron chi connectivity index (χ3n) is 12.5. The Bertz CT molecular complexity index is 2110. The lowest BCUT2D eigenvalue weighted by Crippen LogP contribution is -2.86. The van der Waals surface area contributed by atoms with E-state index >= 15 is 0 Å². The number of carboxylic acid groups (broad SMARTS) is 1. The van der Waals surface area contributed by atoms with Gasteiger partial charge in [-0.1, -0.05) is 120 Å². The number of para-hydroxylation sites is 1. The molecule has 1 N–H and O–H groups in total. The minimum absolute atomic E-state index is 0.0515. The van der Waals surface area contributed by atoms with Gasteiger partial charge in [0.25, 0.3) is 10.1 Å². The van der Waals surface area contributed by atoms with Crippen molar-refractivity contribution in [1.29, 1.82) is 0 Å². The maximum absolute atomic E-state index is 13.7. The average Bonchev–Trinajstić information content (AvgIpc) is 3.24. The zero-order chi connectivity index (χ0) is 44.4. The smallest absolute Gasteiger partial charge is 0.407 e. The summed E-state index contributed by atoms with van der Waals surface area (Å²) in [6, 6.07) is 32.5. The first-order valence-corrected chi connectivity index (χ1v) is 23.4. The van der Waals surface area contributed by atoms with Crippen molar-refractivity contribution in [3.63, 3.8) is 0 Å². The number of amides is 1. The van der Waals surface area contributed by atoms with Crippen LogP contribution in [-0.2, 0) is 46.6 Å². The first-order valence-electron chi connectivity index (χ1n) is 21.2. The van der Waals surface area contributed by atoms with E-state index in [4.69, 9.17) is 27.6 Å². The van der Waals surface area contributed by atoms with Crippen LogP contribution in [0.3, 0.4) is 0 Å². The number of hydrogen-bond donors (Lipinski definition) is 1. The fourth-order valence-electron chi connectivity index (χ4n) is 10.3. The Morgan fingerprint density at radius 1 is 0.820 bits per heavy atom. The normalized spacial score (nSPS) is 20.4. The second-order valence-electron chi connectivity index (χ2n) is 16.8. The summed E-state index contributed by atoms with van der Waals surface area (Å²) in [6.07, 6.45) is -0.595. The molecule has 1 aliphatic heterocycles. The zero-order valence-electron chi connectivity index (χ0n) is 37.3. The summed E-state index contributed by atoms with van der Waals surface area (Å²) >= 11 is 0. The highest BCUT2D eigenvalue weighted by molar-refractivity contribution is 7.86. The molecule has 0 saturated carbocycles. The van der Waals surface area contributed by atoms with E-state index in [2.05, 4.69) is 65.8 Å². The molecule has 61 heavy (non-hydrogen) atoms. The van der Waals surface area contributed by atoms with E-state index in [0.717, 1.165) is 28.0 Å². The first kappa shape index (κ1) is 47.8. The molecule has 0 aromatic heterocycles. The van der Waals surface area contributed by atoms with Crippen LogP contribution < -0.4 is 9.47 Å². The molecule has 3 atom stereocenters. The van der Waals surface area contributed by atoms with E-state index in [9.17, 15) is 18.3 Å². The molecule has 0 bridgehead atoms. The number of aryl methyl sites for hydroxylation is 1. The van der Waals surface area contributed by atoms with Crippen molar-refractivity contribution in [3.8, 4) is 11.5 Å². The molecule has 5 rings (SSSR count). The molecule has 1 aliphatic rings. The van der Waals surface area contributed by atoms with Gasteiger partial charge in [-0.2, -0.15) is 8.42 Å². The molecule has 0 spiro atoms. The van der Waals surface area contributed by atoms with Crippen LogP contribution in [0.2, 0.25) is 0 Å². The van der Waals surface area contributed by atoms with Gasteiger partial charge in [0.15, 0.2) is 0 Å². The number of ether oxygens (including phenoxy) is 4. The molecule has 1 amide bonds. The van der Waals surface area contributed by atoms with E-state index in [-0.39, 0.29) is 42.4 Å². The number of carbonyl (C=O) groups is 1. The van der Waals surface area contributed by atoms with E-state index in [1.165, 1.54) is 12.1 Å². The van der Waals surface area contributed by atoms with Gasteiger partial charge in [-0.15, -0.1) is 0 Å². The molecular weight excluding hydrogens is 811 g/mol. The van der Waals surface area contributed by atoms with E-state index in [1.807, 2.05) is 61.5 Å². The van der Waals surface area contributed by atoms with Crippen molar-refractivity contribution in [2.24, 2.45) is 17.8 Å². The predicted molar refractivity (Wildman–Crippen MR) is 241 cm³/mol. The number of rotatable bonds is 21. The maximum atomic E-state index is 13.7. The Balaban J connectivity index is 1.57. The van der Waals surface area contributed by atoms with Crippen molar-refractivity contribution in [1.82, 2.24) is 4.90 Å². The largest absolute Gasteiger partial charge is 0.496 e. The van der Waals surface area contributed by atoms with Crippen LogP contribution in [0.25, 0.3) is 0 Å². The number of nitrogens with zero attached hydrogens (tertiary/aromatic N) is 1. The molecule has 4 aromatic rings. The Hall–Kier alpha value is -4.24. The molecule has 1 fully saturated rings. The second-order valence-corrected chi connectivity index (χ2v) is 18.9. The number of methoxy groups -OCH3 is 1. The van der Waals surface area contributed by atoms with Crippen molar-refractivity contribution >= 4 is 26.7 Å². The lowest BCUT2D eigenvalue weighted by molar-refractivity contribution is -0.283. The fourth-order valence-corrected chi connectivity index (χ4v) is 11.8. The summed E-state index contributed by atoms with van der Waals surface area (Å²) in [7, 11) is -2.15. The molecule has 0 radical (unpaired) electrons. The molecule has 0 unspecified atom stereocenters.